The van der Waals surface area contributed by atoms with E-state index < -0.39 is 0 Å². The fourth-order valence-electron chi connectivity index (χ4n) is 3.13. The lowest BCUT2D eigenvalue weighted by molar-refractivity contribution is 0.415. The van der Waals surface area contributed by atoms with E-state index in [1.807, 2.05) is 24.4 Å². The monoisotopic (exact) mass is 303 g/mol. The van der Waals surface area contributed by atoms with Gasteiger partial charge < -0.3 is 14.5 Å². The lowest BCUT2D eigenvalue weighted by atomic mass is 9.96. The van der Waals surface area contributed by atoms with Crippen molar-refractivity contribution in [1.82, 2.24) is 4.98 Å². The van der Waals surface area contributed by atoms with Gasteiger partial charge in [0.05, 0.1) is 14.2 Å². The number of hydrogen-bond acceptors (Lipinski definition) is 2. The average molecular weight is 303 g/mol. The topological polar surface area (TPSA) is 34.2 Å². The van der Waals surface area contributed by atoms with E-state index in [0.29, 0.717) is 0 Å². The maximum absolute atomic E-state index is 5.64. The summed E-state index contributed by atoms with van der Waals surface area (Å²) in [5, 5.41) is 3.50. The highest BCUT2D eigenvalue weighted by molar-refractivity contribution is 6.07. The van der Waals surface area contributed by atoms with E-state index in [2.05, 4.69) is 41.4 Å². The van der Waals surface area contributed by atoms with E-state index in [1.54, 1.807) is 14.2 Å². The van der Waals surface area contributed by atoms with Crippen molar-refractivity contribution in [3.8, 4) is 22.6 Å². The molecule has 4 rings (SSSR count). The Morgan fingerprint density at radius 3 is 2.52 bits per heavy atom. The van der Waals surface area contributed by atoms with Crippen LogP contribution in [0.15, 0.2) is 60.8 Å². The maximum atomic E-state index is 5.64. The molecule has 0 atom stereocenters. The SMILES string of the molecule is COc1ccc2[nH]cc(-c3c(OC)ccc4ccccc34)c2c1. The van der Waals surface area contributed by atoms with E-state index in [-0.39, 0.29) is 0 Å². The predicted octanol–water partition coefficient (Wildman–Crippen LogP) is 5.01. The van der Waals surface area contributed by atoms with Crippen LogP contribution in [0.5, 0.6) is 11.5 Å². The van der Waals surface area contributed by atoms with E-state index in [0.717, 1.165) is 33.5 Å². The van der Waals surface area contributed by atoms with Crippen LogP contribution in [0.3, 0.4) is 0 Å². The Balaban J connectivity index is 2.09. The quantitative estimate of drug-likeness (QED) is 0.577. The molecule has 3 heteroatoms. The van der Waals surface area contributed by atoms with Gasteiger partial charge >= 0.3 is 0 Å². The van der Waals surface area contributed by atoms with Crippen molar-refractivity contribution in [2.75, 3.05) is 14.2 Å². The molecule has 0 fully saturated rings. The summed E-state index contributed by atoms with van der Waals surface area (Å²) in [5.41, 5.74) is 3.30. The summed E-state index contributed by atoms with van der Waals surface area (Å²) in [5.74, 6) is 1.71. The van der Waals surface area contributed by atoms with Crippen LogP contribution in [0.2, 0.25) is 0 Å². The summed E-state index contributed by atoms with van der Waals surface area (Å²) < 4.78 is 11.0. The number of benzene rings is 3. The summed E-state index contributed by atoms with van der Waals surface area (Å²) in [4.78, 5) is 3.34. The number of hydrogen-bond donors (Lipinski definition) is 1. The van der Waals surface area contributed by atoms with Gasteiger partial charge in [-0.25, -0.2) is 0 Å². The van der Waals surface area contributed by atoms with Crippen molar-refractivity contribution >= 4 is 21.7 Å². The van der Waals surface area contributed by atoms with Crippen LogP contribution in [0.25, 0.3) is 32.8 Å². The molecule has 0 bridgehead atoms. The van der Waals surface area contributed by atoms with Crippen molar-refractivity contribution in [3.05, 3.63) is 60.8 Å². The number of ether oxygens (including phenoxy) is 2. The average Bonchev–Trinajstić information content (AvgIpc) is 3.03. The number of H-pyrrole nitrogens is 1. The largest absolute Gasteiger partial charge is 0.497 e. The molecule has 1 N–H and O–H groups in total. The second-order valence-electron chi connectivity index (χ2n) is 5.48. The number of rotatable bonds is 3. The third-order valence-corrected chi connectivity index (χ3v) is 4.27. The first kappa shape index (κ1) is 13.7. The smallest absolute Gasteiger partial charge is 0.127 e. The first-order valence-electron chi connectivity index (χ1n) is 7.53. The summed E-state index contributed by atoms with van der Waals surface area (Å²) in [6.07, 6.45) is 2.04. The van der Waals surface area contributed by atoms with E-state index >= 15 is 0 Å². The molecule has 1 heterocycles. The van der Waals surface area contributed by atoms with Crippen molar-refractivity contribution < 1.29 is 9.47 Å². The summed E-state index contributed by atoms with van der Waals surface area (Å²) in [6.45, 7) is 0. The van der Waals surface area contributed by atoms with Gasteiger partial charge in [0.2, 0.25) is 0 Å². The molecule has 0 saturated carbocycles. The highest BCUT2D eigenvalue weighted by Crippen LogP contribution is 2.41. The molecule has 23 heavy (non-hydrogen) atoms. The zero-order valence-electron chi connectivity index (χ0n) is 13.1. The Morgan fingerprint density at radius 1 is 0.826 bits per heavy atom. The zero-order chi connectivity index (χ0) is 15.8. The molecule has 4 aromatic rings. The molecule has 0 saturated heterocycles. The normalized spacial score (nSPS) is 11.0. The van der Waals surface area contributed by atoms with Crippen LogP contribution >= 0.6 is 0 Å². The predicted molar refractivity (Wildman–Crippen MR) is 94.3 cm³/mol. The Kier molecular flexibility index (Phi) is 3.19. The molecule has 1 aromatic heterocycles. The zero-order valence-corrected chi connectivity index (χ0v) is 13.1. The Labute approximate surface area is 134 Å². The summed E-state index contributed by atoms with van der Waals surface area (Å²) in [7, 11) is 3.40. The van der Waals surface area contributed by atoms with Crippen molar-refractivity contribution in [1.29, 1.82) is 0 Å². The van der Waals surface area contributed by atoms with Gasteiger partial charge in [-0.05, 0) is 35.0 Å². The van der Waals surface area contributed by atoms with Crippen molar-refractivity contribution in [3.63, 3.8) is 0 Å². The third kappa shape index (κ3) is 2.13. The van der Waals surface area contributed by atoms with Gasteiger partial charge in [-0.3, -0.25) is 0 Å². The van der Waals surface area contributed by atoms with Crippen molar-refractivity contribution in [2.45, 2.75) is 0 Å². The minimum absolute atomic E-state index is 0.845. The molecule has 3 aromatic carbocycles. The number of fused-ring (bicyclic) bond motifs is 2. The first-order valence-corrected chi connectivity index (χ1v) is 7.53. The molecule has 0 aliphatic carbocycles. The van der Waals surface area contributed by atoms with Crippen LogP contribution < -0.4 is 9.47 Å². The number of aromatic amines is 1. The second-order valence-corrected chi connectivity index (χ2v) is 5.48. The van der Waals surface area contributed by atoms with Gasteiger partial charge in [-0.1, -0.05) is 30.3 Å². The minimum Gasteiger partial charge on any atom is -0.497 e. The van der Waals surface area contributed by atoms with Crippen LogP contribution in [-0.4, -0.2) is 19.2 Å². The molecule has 0 aliphatic heterocycles. The highest BCUT2D eigenvalue weighted by atomic mass is 16.5. The van der Waals surface area contributed by atoms with Gasteiger partial charge in [-0.2, -0.15) is 0 Å². The number of nitrogens with one attached hydrogen (secondary N) is 1. The number of methoxy groups -OCH3 is 2. The van der Waals surface area contributed by atoms with Gasteiger partial charge in [-0.15, -0.1) is 0 Å². The maximum Gasteiger partial charge on any atom is 0.127 e. The van der Waals surface area contributed by atoms with Crippen LogP contribution in [0.4, 0.5) is 0 Å². The molecule has 0 spiro atoms. The third-order valence-electron chi connectivity index (χ3n) is 4.27. The standard InChI is InChI=1S/C20H17NO2/c1-22-14-8-9-18-16(11-14)17(12-21-18)20-15-6-4-3-5-13(15)7-10-19(20)23-2/h3-12,21H,1-2H3. The number of aromatic nitrogens is 1. The van der Waals surface area contributed by atoms with Crippen molar-refractivity contribution in [2.24, 2.45) is 0 Å². The van der Waals surface area contributed by atoms with Crippen LogP contribution in [0, 0.1) is 0 Å². The molecular formula is C20H17NO2. The Morgan fingerprint density at radius 2 is 1.70 bits per heavy atom. The van der Waals surface area contributed by atoms with E-state index in [4.69, 9.17) is 9.47 Å². The van der Waals surface area contributed by atoms with Gasteiger partial charge in [0.15, 0.2) is 0 Å². The molecule has 0 unspecified atom stereocenters. The molecule has 114 valence electrons. The minimum atomic E-state index is 0.845. The lowest BCUT2D eigenvalue weighted by Gasteiger charge is -2.12. The van der Waals surface area contributed by atoms with Crippen LogP contribution in [0.1, 0.15) is 0 Å². The van der Waals surface area contributed by atoms with Gasteiger partial charge in [0.25, 0.3) is 0 Å². The fourth-order valence-corrected chi connectivity index (χ4v) is 3.13. The first-order chi connectivity index (χ1) is 11.3. The fraction of sp³-hybridized carbons (Fsp3) is 0.100. The lowest BCUT2D eigenvalue weighted by Crippen LogP contribution is -1.89. The van der Waals surface area contributed by atoms with E-state index in [1.165, 1.54) is 10.8 Å². The Bertz CT molecular complexity index is 1000. The highest BCUT2D eigenvalue weighted by Gasteiger charge is 2.15. The Hall–Kier alpha value is -2.94. The van der Waals surface area contributed by atoms with Crippen LogP contribution in [-0.2, 0) is 0 Å². The molecular weight excluding hydrogens is 286 g/mol. The molecule has 3 nitrogen and oxygen atoms in total. The van der Waals surface area contributed by atoms with Gasteiger partial charge in [0, 0.05) is 28.2 Å². The summed E-state index contributed by atoms with van der Waals surface area (Å²) >= 11 is 0. The van der Waals surface area contributed by atoms with Gasteiger partial charge in [0.1, 0.15) is 11.5 Å². The molecule has 0 radical (unpaired) electrons. The molecule has 0 amide bonds. The van der Waals surface area contributed by atoms with E-state index in [9.17, 15) is 0 Å². The molecule has 0 aliphatic rings. The summed E-state index contributed by atoms with van der Waals surface area (Å²) in [6, 6.07) is 18.5. The second kappa shape index (κ2) is 5.36.